The van der Waals surface area contributed by atoms with Crippen LogP contribution in [0.25, 0.3) is 0 Å². The molecule has 0 spiro atoms. The van der Waals surface area contributed by atoms with Crippen LogP contribution in [0.1, 0.15) is 36.8 Å². The van der Waals surface area contributed by atoms with Gasteiger partial charge in [-0.05, 0) is 45.1 Å². The number of nitrogens with zero attached hydrogens (tertiary/aromatic N) is 2. The zero-order valence-electron chi connectivity index (χ0n) is 16.9. The Bertz CT molecular complexity index is 697. The Hall–Kier alpha value is -2.01. The molecule has 0 saturated heterocycles. The number of aliphatic imine (C=N–C) groups is 1. The Kier molecular flexibility index (Phi) is 7.98. The first-order valence-corrected chi connectivity index (χ1v) is 9.64. The molecule has 30 heavy (non-hydrogen) atoms. The van der Waals surface area contributed by atoms with Gasteiger partial charge in [-0.1, -0.05) is 12.8 Å². The number of hydrogen-bond acceptors (Lipinski definition) is 3. The molecule has 2 rings (SSSR count). The van der Waals surface area contributed by atoms with Gasteiger partial charge in [-0.3, -0.25) is 4.99 Å². The van der Waals surface area contributed by atoms with Crippen molar-refractivity contribution in [1.29, 1.82) is 0 Å². The van der Waals surface area contributed by atoms with E-state index in [0.717, 1.165) is 25.7 Å². The lowest BCUT2D eigenvalue weighted by Crippen LogP contribution is -2.51. The fourth-order valence-electron chi connectivity index (χ4n) is 3.16. The monoisotopic (exact) mass is 439 g/mol. The van der Waals surface area contributed by atoms with Crippen molar-refractivity contribution in [3.63, 3.8) is 0 Å². The van der Waals surface area contributed by atoms with Crippen molar-refractivity contribution in [1.82, 2.24) is 10.2 Å². The van der Waals surface area contributed by atoms with Crippen molar-refractivity contribution in [2.45, 2.75) is 50.1 Å². The number of rotatable bonds is 5. The number of likely N-dealkylation sites (N-methyl/N-ethyl adjacent to an activating group) is 1. The van der Waals surface area contributed by atoms with E-state index < -0.39 is 23.5 Å². The number of halogens is 6. The number of alkyl halides is 6. The lowest BCUT2D eigenvalue weighted by Gasteiger charge is -2.31. The van der Waals surface area contributed by atoms with Crippen LogP contribution in [0.15, 0.2) is 23.2 Å². The molecule has 170 valence electrons. The molecular weight excluding hydrogens is 412 g/mol. The topological polar surface area (TPSA) is 65.7 Å². The number of nitrogens with two attached hydrogens (primary N) is 1. The minimum Gasteiger partial charge on any atom is -0.352 e. The summed E-state index contributed by atoms with van der Waals surface area (Å²) in [7, 11) is 3.66. The van der Waals surface area contributed by atoms with Crippen molar-refractivity contribution in [2.24, 2.45) is 10.7 Å². The highest BCUT2D eigenvalue weighted by atomic mass is 19.4. The summed E-state index contributed by atoms with van der Waals surface area (Å²) in [5, 5.41) is 5.69. The molecule has 0 aromatic heterocycles. The number of hydrogen-bond donors (Lipinski definition) is 3. The number of nitrogens with one attached hydrogen (secondary N) is 2. The van der Waals surface area contributed by atoms with Crippen LogP contribution in [-0.4, -0.2) is 50.1 Å². The molecule has 0 aliphatic heterocycles. The molecule has 0 radical (unpaired) electrons. The lowest BCUT2D eigenvalue weighted by molar-refractivity contribution is -0.143. The molecule has 5 nitrogen and oxygen atoms in total. The van der Waals surface area contributed by atoms with E-state index in [1.54, 1.807) is 0 Å². The molecule has 1 aromatic rings. The molecule has 0 heterocycles. The van der Waals surface area contributed by atoms with Gasteiger partial charge < -0.3 is 21.3 Å². The molecule has 0 unspecified atom stereocenters. The average molecular weight is 439 g/mol. The van der Waals surface area contributed by atoms with Gasteiger partial charge in [0.15, 0.2) is 5.96 Å². The Morgan fingerprint density at radius 2 is 1.60 bits per heavy atom. The van der Waals surface area contributed by atoms with Gasteiger partial charge in [-0.15, -0.1) is 0 Å². The predicted octanol–water partition coefficient (Wildman–Crippen LogP) is 3.91. The third kappa shape index (κ3) is 7.35. The minimum atomic E-state index is -4.92. The van der Waals surface area contributed by atoms with Gasteiger partial charge in [0.2, 0.25) is 0 Å². The van der Waals surface area contributed by atoms with Gasteiger partial charge in [0.05, 0.1) is 17.7 Å². The van der Waals surface area contributed by atoms with Crippen LogP contribution in [0, 0.1) is 0 Å². The van der Waals surface area contributed by atoms with Gasteiger partial charge in [0.25, 0.3) is 0 Å². The van der Waals surface area contributed by atoms with Crippen LogP contribution in [0.4, 0.5) is 32.0 Å². The van der Waals surface area contributed by atoms with Crippen LogP contribution >= 0.6 is 0 Å². The summed E-state index contributed by atoms with van der Waals surface area (Å²) in [4.78, 5) is 6.17. The second-order valence-electron chi connectivity index (χ2n) is 7.65. The first kappa shape index (κ1) is 24.3. The maximum Gasteiger partial charge on any atom is 0.416 e. The van der Waals surface area contributed by atoms with Gasteiger partial charge in [0.1, 0.15) is 0 Å². The van der Waals surface area contributed by atoms with E-state index in [0.29, 0.717) is 25.2 Å². The number of guanidine groups is 1. The largest absolute Gasteiger partial charge is 0.416 e. The number of benzene rings is 1. The molecule has 0 bridgehead atoms. The third-order valence-electron chi connectivity index (χ3n) is 4.81. The molecular formula is C19H27F6N5. The molecule has 1 saturated carbocycles. The van der Waals surface area contributed by atoms with Gasteiger partial charge >= 0.3 is 12.4 Å². The Morgan fingerprint density at radius 1 is 1.03 bits per heavy atom. The van der Waals surface area contributed by atoms with Gasteiger partial charge in [-0.2, -0.15) is 26.3 Å². The van der Waals surface area contributed by atoms with E-state index in [9.17, 15) is 26.3 Å². The van der Waals surface area contributed by atoms with Crippen molar-refractivity contribution in [3.05, 3.63) is 29.3 Å². The van der Waals surface area contributed by atoms with E-state index in [2.05, 4.69) is 15.6 Å². The van der Waals surface area contributed by atoms with Crippen LogP contribution in [-0.2, 0) is 12.4 Å². The van der Waals surface area contributed by atoms with E-state index in [-0.39, 0.29) is 29.8 Å². The van der Waals surface area contributed by atoms with Crippen molar-refractivity contribution >= 4 is 11.6 Å². The van der Waals surface area contributed by atoms with Gasteiger partial charge in [-0.25, -0.2) is 0 Å². The second kappa shape index (κ2) is 9.86. The van der Waals surface area contributed by atoms with Crippen molar-refractivity contribution in [2.75, 3.05) is 32.5 Å². The van der Waals surface area contributed by atoms with Crippen LogP contribution in [0.5, 0.6) is 0 Å². The van der Waals surface area contributed by atoms with E-state index in [1.807, 2.05) is 19.0 Å². The lowest BCUT2D eigenvalue weighted by atomic mass is 9.91. The highest BCUT2D eigenvalue weighted by Crippen LogP contribution is 2.37. The average Bonchev–Trinajstić information content (AvgIpc) is 2.61. The maximum absolute atomic E-state index is 13.1. The van der Waals surface area contributed by atoms with Crippen molar-refractivity contribution in [3.8, 4) is 0 Å². The first-order chi connectivity index (χ1) is 13.9. The fourth-order valence-corrected chi connectivity index (χ4v) is 3.16. The molecule has 4 N–H and O–H groups in total. The zero-order chi connectivity index (χ0) is 22.5. The molecule has 1 aliphatic carbocycles. The Morgan fingerprint density at radius 3 is 2.10 bits per heavy atom. The predicted molar refractivity (Wildman–Crippen MR) is 104 cm³/mol. The second-order valence-corrected chi connectivity index (χ2v) is 7.65. The summed E-state index contributed by atoms with van der Waals surface area (Å²) in [6, 6.07) is 1.03. The molecule has 11 heteroatoms. The Labute approximate surface area is 171 Å². The highest BCUT2D eigenvalue weighted by molar-refractivity contribution is 5.94. The highest BCUT2D eigenvalue weighted by Gasteiger charge is 2.37. The SMILES string of the molecule is CN(C)CCN=C(Nc1cc(C(F)(F)F)cc(C(F)(F)F)c1)N[C@H]1CCCC[C@@H]1N. The van der Waals surface area contributed by atoms with Gasteiger partial charge in [0, 0.05) is 24.3 Å². The maximum atomic E-state index is 13.1. The summed E-state index contributed by atoms with van der Waals surface area (Å²) in [6.45, 7) is 0.857. The van der Waals surface area contributed by atoms with E-state index in [1.165, 1.54) is 0 Å². The summed E-state index contributed by atoms with van der Waals surface area (Å²) < 4.78 is 78.8. The third-order valence-corrected chi connectivity index (χ3v) is 4.81. The standard InChI is InChI=1S/C19H27F6N5/c1-30(2)8-7-27-17(29-16-6-4-3-5-15(16)26)28-14-10-12(18(20,21)22)9-13(11-14)19(23,24)25/h9-11,15-16H,3-8,26H2,1-2H3,(H2,27,28,29)/t15-,16-/m0/s1. The Balaban J connectivity index is 2.32. The molecule has 2 atom stereocenters. The van der Waals surface area contributed by atoms with Crippen molar-refractivity contribution < 1.29 is 26.3 Å². The fraction of sp³-hybridized carbons (Fsp3) is 0.632. The molecule has 0 amide bonds. The summed E-state index contributed by atoms with van der Waals surface area (Å²) in [5.41, 5.74) is 2.99. The summed E-state index contributed by atoms with van der Waals surface area (Å²) >= 11 is 0. The van der Waals surface area contributed by atoms with Crippen LogP contribution < -0.4 is 16.4 Å². The summed E-state index contributed by atoms with van der Waals surface area (Å²) in [6.07, 6.45) is -6.41. The quantitative estimate of drug-likeness (QED) is 0.370. The number of anilines is 1. The zero-order valence-corrected chi connectivity index (χ0v) is 16.9. The van der Waals surface area contributed by atoms with Crippen LogP contribution in [0.2, 0.25) is 0 Å². The summed E-state index contributed by atoms with van der Waals surface area (Å²) in [5.74, 6) is 0.103. The minimum absolute atomic E-state index is 0.0958. The molecule has 1 aliphatic rings. The first-order valence-electron chi connectivity index (χ1n) is 9.64. The molecule has 1 aromatic carbocycles. The normalized spacial score (nSPS) is 21.1. The smallest absolute Gasteiger partial charge is 0.352 e. The van der Waals surface area contributed by atoms with Crippen LogP contribution in [0.3, 0.4) is 0 Å². The van der Waals surface area contributed by atoms with E-state index >= 15 is 0 Å². The molecule has 1 fully saturated rings. The van der Waals surface area contributed by atoms with E-state index in [4.69, 9.17) is 5.73 Å².